The first-order valence-electron chi connectivity index (χ1n) is 10.6. The fraction of sp³-hybridized carbons (Fsp3) is 0.480. The van der Waals surface area contributed by atoms with Crippen LogP contribution >= 0.6 is 0 Å². The quantitative estimate of drug-likeness (QED) is 0.730. The van der Waals surface area contributed by atoms with E-state index in [0.717, 1.165) is 24.8 Å². The van der Waals surface area contributed by atoms with E-state index < -0.39 is 5.72 Å². The molecular weight excluding hydrogens is 362 g/mol. The molecule has 1 saturated heterocycles. The van der Waals surface area contributed by atoms with E-state index in [-0.39, 0.29) is 23.5 Å². The molecule has 4 heteroatoms. The molecule has 4 nitrogen and oxygen atoms in total. The monoisotopic (exact) mass is 393 g/mol. The van der Waals surface area contributed by atoms with Crippen molar-refractivity contribution in [3.63, 3.8) is 0 Å². The zero-order chi connectivity index (χ0) is 20.5. The highest BCUT2D eigenvalue weighted by atomic mass is 16.5. The average molecular weight is 394 g/mol. The summed E-state index contributed by atoms with van der Waals surface area (Å²) in [5.41, 5.74) is 1.27. The van der Waals surface area contributed by atoms with Crippen molar-refractivity contribution in [1.29, 1.82) is 0 Å². The zero-order valence-electron chi connectivity index (χ0n) is 17.6. The van der Waals surface area contributed by atoms with Crippen LogP contribution in [0.5, 0.6) is 0 Å². The smallest absolute Gasteiger partial charge is 0.256 e. The molecule has 1 unspecified atom stereocenters. The van der Waals surface area contributed by atoms with Crippen LogP contribution in [0.2, 0.25) is 0 Å². The Morgan fingerprint density at radius 3 is 2.41 bits per heavy atom. The largest absolute Gasteiger partial charge is 0.373 e. The summed E-state index contributed by atoms with van der Waals surface area (Å²) in [5, 5.41) is 0. The first-order valence-corrected chi connectivity index (χ1v) is 10.6. The third kappa shape index (κ3) is 4.10. The van der Waals surface area contributed by atoms with E-state index in [0.29, 0.717) is 13.2 Å². The van der Waals surface area contributed by atoms with E-state index in [4.69, 9.17) is 9.47 Å². The molecule has 1 aliphatic heterocycles. The Morgan fingerprint density at radius 1 is 1.10 bits per heavy atom. The highest BCUT2D eigenvalue weighted by molar-refractivity contribution is 5.95. The summed E-state index contributed by atoms with van der Waals surface area (Å²) in [6.45, 7) is 7.72. The molecule has 0 radical (unpaired) electrons. The Balaban J connectivity index is 1.54. The summed E-state index contributed by atoms with van der Waals surface area (Å²) < 4.78 is 12.6. The predicted molar refractivity (Wildman–Crippen MR) is 113 cm³/mol. The maximum absolute atomic E-state index is 13.6. The van der Waals surface area contributed by atoms with Crippen LogP contribution < -0.4 is 0 Å². The van der Waals surface area contributed by atoms with Crippen LogP contribution in [0.15, 0.2) is 60.7 Å². The van der Waals surface area contributed by atoms with Crippen LogP contribution in [-0.4, -0.2) is 35.3 Å². The minimum atomic E-state index is -0.563. The van der Waals surface area contributed by atoms with Gasteiger partial charge >= 0.3 is 0 Å². The SMILES string of the molecule is CC(C)(C)[C@H]1COC2(CC[C@H](OCc3ccccc3)C2)N1C(=O)c1ccccc1. The van der Waals surface area contributed by atoms with Crippen molar-refractivity contribution in [1.82, 2.24) is 4.90 Å². The average Bonchev–Trinajstić information content (AvgIpc) is 3.31. The standard InChI is InChI=1S/C25H31NO3/c1-24(2,3)22-18-29-25(26(22)23(27)20-12-8-5-9-13-20)15-14-21(16-25)28-17-19-10-6-4-7-11-19/h4-13,21-22H,14-18H2,1-3H3/t21-,22+,25?/m0/s1. The Labute approximate surface area is 173 Å². The fourth-order valence-electron chi connectivity index (χ4n) is 4.57. The number of carbonyl (C=O) groups is 1. The van der Waals surface area contributed by atoms with Crippen LogP contribution in [0.4, 0.5) is 0 Å². The van der Waals surface area contributed by atoms with E-state index in [9.17, 15) is 4.79 Å². The maximum atomic E-state index is 13.6. The van der Waals surface area contributed by atoms with E-state index >= 15 is 0 Å². The molecule has 2 aromatic carbocycles. The van der Waals surface area contributed by atoms with E-state index in [1.54, 1.807) is 0 Å². The minimum absolute atomic E-state index is 0.0445. The molecule has 1 amide bonds. The minimum Gasteiger partial charge on any atom is -0.373 e. The van der Waals surface area contributed by atoms with Gasteiger partial charge in [-0.2, -0.15) is 0 Å². The molecule has 0 bridgehead atoms. The first kappa shape index (κ1) is 20.1. The van der Waals surface area contributed by atoms with Crippen molar-refractivity contribution in [2.75, 3.05) is 6.61 Å². The number of amides is 1. The fourth-order valence-corrected chi connectivity index (χ4v) is 4.57. The van der Waals surface area contributed by atoms with Crippen molar-refractivity contribution in [3.05, 3.63) is 71.8 Å². The molecule has 2 aromatic rings. The van der Waals surface area contributed by atoms with Crippen molar-refractivity contribution in [2.45, 2.75) is 64.5 Å². The van der Waals surface area contributed by atoms with Gasteiger partial charge in [-0.3, -0.25) is 4.79 Å². The van der Waals surface area contributed by atoms with Gasteiger partial charge in [0.05, 0.1) is 25.4 Å². The van der Waals surface area contributed by atoms with Crippen LogP contribution in [0.3, 0.4) is 0 Å². The molecule has 0 N–H and O–H groups in total. The number of nitrogens with zero attached hydrogens (tertiary/aromatic N) is 1. The highest BCUT2D eigenvalue weighted by Gasteiger charge is 2.56. The lowest BCUT2D eigenvalue weighted by Gasteiger charge is -2.41. The molecule has 1 saturated carbocycles. The molecule has 3 atom stereocenters. The van der Waals surface area contributed by atoms with Gasteiger partial charge in [0.1, 0.15) is 5.72 Å². The summed E-state index contributed by atoms with van der Waals surface area (Å²) in [7, 11) is 0. The Kier molecular flexibility index (Phi) is 5.50. The Bertz CT molecular complexity index is 830. The van der Waals surface area contributed by atoms with Crippen LogP contribution in [0.1, 0.15) is 56.0 Å². The van der Waals surface area contributed by atoms with Gasteiger partial charge in [-0.05, 0) is 36.0 Å². The van der Waals surface area contributed by atoms with Crippen molar-refractivity contribution in [2.24, 2.45) is 5.41 Å². The molecule has 154 valence electrons. The third-order valence-corrected chi connectivity index (χ3v) is 6.23. The van der Waals surface area contributed by atoms with Crippen molar-refractivity contribution >= 4 is 5.91 Å². The van der Waals surface area contributed by atoms with E-state index in [1.807, 2.05) is 53.4 Å². The number of benzene rings is 2. The third-order valence-electron chi connectivity index (χ3n) is 6.23. The van der Waals surface area contributed by atoms with Gasteiger partial charge in [-0.15, -0.1) is 0 Å². The van der Waals surface area contributed by atoms with Crippen LogP contribution in [0, 0.1) is 5.41 Å². The van der Waals surface area contributed by atoms with Gasteiger partial charge < -0.3 is 14.4 Å². The van der Waals surface area contributed by atoms with Gasteiger partial charge in [0.15, 0.2) is 0 Å². The number of carbonyl (C=O) groups excluding carboxylic acids is 1. The number of hydrogen-bond donors (Lipinski definition) is 0. The molecular formula is C25H31NO3. The molecule has 2 fully saturated rings. The lowest BCUT2D eigenvalue weighted by Crippen LogP contribution is -2.54. The summed E-state index contributed by atoms with van der Waals surface area (Å²) in [4.78, 5) is 15.6. The van der Waals surface area contributed by atoms with Gasteiger partial charge in [0.25, 0.3) is 5.91 Å². The maximum Gasteiger partial charge on any atom is 0.256 e. The lowest BCUT2D eigenvalue weighted by atomic mass is 9.85. The normalized spacial score (nSPS) is 26.9. The predicted octanol–water partition coefficient (Wildman–Crippen LogP) is 5.04. The Hall–Kier alpha value is -2.17. The number of ether oxygens (including phenoxy) is 2. The summed E-state index contributed by atoms with van der Waals surface area (Å²) in [6, 6.07) is 19.9. The summed E-state index contributed by atoms with van der Waals surface area (Å²) >= 11 is 0. The second-order valence-electron chi connectivity index (χ2n) is 9.34. The molecule has 1 spiro atoms. The number of rotatable bonds is 4. The highest BCUT2D eigenvalue weighted by Crippen LogP contribution is 2.47. The molecule has 0 aromatic heterocycles. The summed E-state index contributed by atoms with van der Waals surface area (Å²) in [6.07, 6.45) is 2.55. The lowest BCUT2D eigenvalue weighted by molar-refractivity contribution is -0.0795. The molecule has 29 heavy (non-hydrogen) atoms. The van der Waals surface area contributed by atoms with Gasteiger partial charge in [0.2, 0.25) is 0 Å². The summed E-state index contributed by atoms with van der Waals surface area (Å²) in [5.74, 6) is 0.0618. The van der Waals surface area contributed by atoms with Crippen molar-refractivity contribution in [3.8, 4) is 0 Å². The number of hydrogen-bond acceptors (Lipinski definition) is 3. The van der Waals surface area contributed by atoms with E-state index in [1.165, 1.54) is 5.56 Å². The van der Waals surface area contributed by atoms with Gasteiger partial charge in [-0.25, -0.2) is 0 Å². The Morgan fingerprint density at radius 2 is 1.76 bits per heavy atom. The van der Waals surface area contributed by atoms with Crippen LogP contribution in [-0.2, 0) is 16.1 Å². The molecule has 1 aliphatic carbocycles. The van der Waals surface area contributed by atoms with Crippen molar-refractivity contribution < 1.29 is 14.3 Å². The van der Waals surface area contributed by atoms with Crippen LogP contribution in [0.25, 0.3) is 0 Å². The molecule has 2 aliphatic rings. The van der Waals surface area contributed by atoms with E-state index in [2.05, 4.69) is 32.9 Å². The second kappa shape index (κ2) is 7.92. The first-order chi connectivity index (χ1) is 13.9. The topological polar surface area (TPSA) is 38.8 Å². The zero-order valence-corrected chi connectivity index (χ0v) is 17.6. The second-order valence-corrected chi connectivity index (χ2v) is 9.34. The molecule has 4 rings (SSSR count). The van der Waals surface area contributed by atoms with Gasteiger partial charge in [-0.1, -0.05) is 69.3 Å². The van der Waals surface area contributed by atoms with Gasteiger partial charge in [0, 0.05) is 12.0 Å². The molecule has 1 heterocycles.